The van der Waals surface area contributed by atoms with E-state index in [0.29, 0.717) is 12.2 Å². The largest absolute Gasteiger partial charge is 0.496 e. The third kappa shape index (κ3) is 2.20. The molecule has 0 atom stereocenters. The van der Waals surface area contributed by atoms with Crippen LogP contribution in [0.1, 0.15) is 11.1 Å². The van der Waals surface area contributed by atoms with Crippen molar-refractivity contribution in [2.75, 3.05) is 7.11 Å². The van der Waals surface area contributed by atoms with E-state index in [1.165, 1.54) is 0 Å². The maximum Gasteiger partial charge on any atom is 0.124 e. The van der Waals surface area contributed by atoms with Crippen LogP contribution in [-0.4, -0.2) is 12.2 Å². The topological polar surface area (TPSA) is 53.2 Å². The van der Waals surface area contributed by atoms with E-state index in [4.69, 9.17) is 15.1 Å². The first kappa shape index (κ1) is 9.56. The maximum atomic E-state index is 8.93. The molecule has 0 saturated heterocycles. The monoisotopic (exact) mass is 177 g/mol. The first-order chi connectivity index (χ1) is 6.31. The van der Waals surface area contributed by atoms with E-state index in [1.807, 2.05) is 6.07 Å². The van der Waals surface area contributed by atoms with Gasteiger partial charge in [0.2, 0.25) is 0 Å². The first-order valence-electron chi connectivity index (χ1n) is 3.95. The van der Waals surface area contributed by atoms with Crippen molar-refractivity contribution in [2.45, 2.75) is 13.0 Å². The van der Waals surface area contributed by atoms with Crippen LogP contribution in [0.25, 0.3) is 0 Å². The van der Waals surface area contributed by atoms with Crippen LogP contribution < -0.4 is 4.74 Å². The first-order valence-corrected chi connectivity index (χ1v) is 3.95. The number of benzene rings is 1. The van der Waals surface area contributed by atoms with Gasteiger partial charge in [-0.05, 0) is 11.6 Å². The fraction of sp³-hybridized carbons (Fsp3) is 0.300. The van der Waals surface area contributed by atoms with Crippen molar-refractivity contribution in [1.29, 1.82) is 5.26 Å². The quantitative estimate of drug-likeness (QED) is 0.756. The van der Waals surface area contributed by atoms with Gasteiger partial charge < -0.3 is 9.84 Å². The molecule has 3 heteroatoms. The molecule has 0 radical (unpaired) electrons. The number of nitriles is 1. The van der Waals surface area contributed by atoms with Gasteiger partial charge in [-0.2, -0.15) is 5.26 Å². The molecule has 0 heterocycles. The molecule has 0 aliphatic carbocycles. The number of hydrogen-bond acceptors (Lipinski definition) is 3. The fourth-order valence-corrected chi connectivity index (χ4v) is 1.12. The van der Waals surface area contributed by atoms with Gasteiger partial charge in [-0.25, -0.2) is 0 Å². The van der Waals surface area contributed by atoms with Crippen LogP contribution in [0.4, 0.5) is 0 Å². The van der Waals surface area contributed by atoms with E-state index in [9.17, 15) is 0 Å². The lowest BCUT2D eigenvalue weighted by atomic mass is 10.1. The highest BCUT2D eigenvalue weighted by molar-refractivity contribution is 5.37. The number of nitrogens with zero attached hydrogens (tertiary/aromatic N) is 1. The van der Waals surface area contributed by atoms with Gasteiger partial charge in [-0.15, -0.1) is 0 Å². The van der Waals surface area contributed by atoms with E-state index >= 15 is 0 Å². The van der Waals surface area contributed by atoms with Crippen molar-refractivity contribution < 1.29 is 9.84 Å². The summed E-state index contributed by atoms with van der Waals surface area (Å²) in [7, 11) is 1.55. The minimum absolute atomic E-state index is 0.0456. The molecule has 0 aromatic heterocycles. The highest BCUT2D eigenvalue weighted by Gasteiger charge is 2.02. The van der Waals surface area contributed by atoms with Crippen molar-refractivity contribution in [1.82, 2.24) is 0 Å². The Morgan fingerprint density at radius 3 is 2.85 bits per heavy atom. The number of aliphatic hydroxyl groups is 1. The Hall–Kier alpha value is -1.53. The lowest BCUT2D eigenvalue weighted by Gasteiger charge is -2.06. The van der Waals surface area contributed by atoms with Gasteiger partial charge in [0, 0.05) is 5.56 Å². The van der Waals surface area contributed by atoms with Crippen molar-refractivity contribution in [3.05, 3.63) is 29.3 Å². The molecule has 0 spiro atoms. The van der Waals surface area contributed by atoms with E-state index < -0.39 is 0 Å². The molecule has 1 aromatic carbocycles. The number of hydrogen-bond donors (Lipinski definition) is 1. The molecule has 13 heavy (non-hydrogen) atoms. The van der Waals surface area contributed by atoms with Crippen LogP contribution in [0.2, 0.25) is 0 Å². The second-order valence-electron chi connectivity index (χ2n) is 2.64. The number of rotatable bonds is 3. The lowest BCUT2D eigenvalue weighted by molar-refractivity contribution is 0.273. The number of methoxy groups -OCH3 is 1. The zero-order valence-electron chi connectivity index (χ0n) is 7.45. The van der Waals surface area contributed by atoms with E-state index in [2.05, 4.69) is 6.07 Å². The van der Waals surface area contributed by atoms with E-state index in [0.717, 1.165) is 11.1 Å². The average molecular weight is 177 g/mol. The SMILES string of the molecule is COc1cc(CC#N)ccc1CO. The lowest BCUT2D eigenvalue weighted by Crippen LogP contribution is -1.93. The third-order valence-corrected chi connectivity index (χ3v) is 1.81. The Bertz CT molecular complexity index is 328. The molecule has 68 valence electrons. The summed E-state index contributed by atoms with van der Waals surface area (Å²) >= 11 is 0. The van der Waals surface area contributed by atoms with E-state index in [-0.39, 0.29) is 6.61 Å². The summed E-state index contributed by atoms with van der Waals surface area (Å²) in [6.07, 6.45) is 0.363. The van der Waals surface area contributed by atoms with Crippen molar-refractivity contribution in [3.63, 3.8) is 0 Å². The molecule has 0 fully saturated rings. The Kier molecular flexibility index (Phi) is 3.30. The van der Waals surface area contributed by atoms with Gasteiger partial charge in [0.05, 0.1) is 26.2 Å². The zero-order chi connectivity index (χ0) is 9.68. The summed E-state index contributed by atoms with van der Waals surface area (Å²) in [5.74, 6) is 0.634. The summed E-state index contributed by atoms with van der Waals surface area (Å²) < 4.78 is 5.05. The maximum absolute atomic E-state index is 8.93. The molecular weight excluding hydrogens is 166 g/mol. The highest BCUT2D eigenvalue weighted by Crippen LogP contribution is 2.20. The van der Waals surface area contributed by atoms with Gasteiger partial charge in [-0.1, -0.05) is 12.1 Å². The molecule has 0 amide bonds. The van der Waals surface area contributed by atoms with Crippen molar-refractivity contribution in [2.24, 2.45) is 0 Å². The molecule has 3 nitrogen and oxygen atoms in total. The summed E-state index contributed by atoms with van der Waals surface area (Å²) in [5.41, 5.74) is 1.64. The third-order valence-electron chi connectivity index (χ3n) is 1.81. The normalized spacial score (nSPS) is 9.31. The Balaban J connectivity index is 3.00. The van der Waals surface area contributed by atoms with Gasteiger partial charge in [0.1, 0.15) is 5.75 Å². The standard InChI is InChI=1S/C10H11NO2/c1-13-10-6-8(4-5-11)2-3-9(10)7-12/h2-3,6,12H,4,7H2,1H3. The van der Waals surface area contributed by atoms with Crippen molar-refractivity contribution in [3.8, 4) is 11.8 Å². The summed E-state index contributed by atoms with van der Waals surface area (Å²) in [5, 5.41) is 17.4. The summed E-state index contributed by atoms with van der Waals surface area (Å²) in [4.78, 5) is 0. The van der Waals surface area contributed by atoms with Crippen LogP contribution >= 0.6 is 0 Å². The van der Waals surface area contributed by atoms with Crippen LogP contribution in [0.3, 0.4) is 0 Å². The molecular formula is C10H11NO2. The molecule has 0 unspecified atom stereocenters. The Morgan fingerprint density at radius 2 is 2.31 bits per heavy atom. The van der Waals surface area contributed by atoms with Crippen LogP contribution in [0.15, 0.2) is 18.2 Å². The minimum atomic E-state index is -0.0456. The minimum Gasteiger partial charge on any atom is -0.496 e. The van der Waals surface area contributed by atoms with Crippen LogP contribution in [0, 0.1) is 11.3 Å². The predicted octanol–water partition coefficient (Wildman–Crippen LogP) is 1.25. The second kappa shape index (κ2) is 4.48. The van der Waals surface area contributed by atoms with Gasteiger partial charge >= 0.3 is 0 Å². The summed E-state index contributed by atoms with van der Waals surface area (Å²) in [6, 6.07) is 7.41. The molecule has 0 aliphatic rings. The predicted molar refractivity (Wildman–Crippen MR) is 48.2 cm³/mol. The smallest absolute Gasteiger partial charge is 0.124 e. The van der Waals surface area contributed by atoms with Crippen LogP contribution in [-0.2, 0) is 13.0 Å². The molecule has 1 aromatic rings. The summed E-state index contributed by atoms with van der Waals surface area (Å²) in [6.45, 7) is -0.0456. The molecule has 0 bridgehead atoms. The molecule has 0 saturated carbocycles. The molecule has 1 N–H and O–H groups in total. The number of aliphatic hydroxyl groups excluding tert-OH is 1. The average Bonchev–Trinajstić information content (AvgIpc) is 2.18. The molecule has 1 rings (SSSR count). The Labute approximate surface area is 77.2 Å². The number of ether oxygens (including phenoxy) is 1. The fourth-order valence-electron chi connectivity index (χ4n) is 1.12. The van der Waals surface area contributed by atoms with E-state index in [1.54, 1.807) is 19.2 Å². The molecule has 0 aliphatic heterocycles. The van der Waals surface area contributed by atoms with Gasteiger partial charge in [0.25, 0.3) is 0 Å². The van der Waals surface area contributed by atoms with Gasteiger partial charge in [0.15, 0.2) is 0 Å². The van der Waals surface area contributed by atoms with Crippen LogP contribution in [0.5, 0.6) is 5.75 Å². The van der Waals surface area contributed by atoms with Crippen molar-refractivity contribution >= 4 is 0 Å². The second-order valence-corrected chi connectivity index (χ2v) is 2.64. The van der Waals surface area contributed by atoms with Gasteiger partial charge in [-0.3, -0.25) is 0 Å². The zero-order valence-corrected chi connectivity index (χ0v) is 7.45. The highest BCUT2D eigenvalue weighted by atomic mass is 16.5. The Morgan fingerprint density at radius 1 is 1.54 bits per heavy atom.